The number of aryl methyl sites for hydroxylation is 2. The highest BCUT2D eigenvalue weighted by Crippen LogP contribution is 2.18. The molecule has 21 heavy (non-hydrogen) atoms. The van der Waals surface area contributed by atoms with Gasteiger partial charge in [-0.1, -0.05) is 0 Å². The maximum atomic E-state index is 12.1. The van der Waals surface area contributed by atoms with Crippen molar-refractivity contribution < 1.29 is 13.3 Å². The van der Waals surface area contributed by atoms with Crippen LogP contribution in [0.25, 0.3) is 0 Å². The molecule has 0 aliphatic rings. The van der Waals surface area contributed by atoms with Crippen molar-refractivity contribution in [2.24, 2.45) is 0 Å². The molecule has 0 saturated carbocycles. The summed E-state index contributed by atoms with van der Waals surface area (Å²) >= 11 is 0. The molecular weight excluding hydrogens is 296 g/mol. The number of nitro benzene ring substituents is 1. The van der Waals surface area contributed by atoms with E-state index in [0.717, 1.165) is 24.3 Å². The molecule has 0 bridgehead atoms. The molecule has 2 rings (SSSR count). The van der Waals surface area contributed by atoms with Crippen molar-refractivity contribution >= 4 is 21.7 Å². The summed E-state index contributed by atoms with van der Waals surface area (Å²) in [4.78, 5) is 17.8. The van der Waals surface area contributed by atoms with E-state index < -0.39 is 14.9 Å². The quantitative estimate of drug-likeness (QED) is 0.680. The van der Waals surface area contributed by atoms with Crippen LogP contribution in [0.15, 0.2) is 35.2 Å². The monoisotopic (exact) mass is 308 g/mol. The van der Waals surface area contributed by atoms with Gasteiger partial charge in [-0.2, -0.15) is 0 Å². The summed E-state index contributed by atoms with van der Waals surface area (Å²) in [5, 5.41) is 10.5. The van der Waals surface area contributed by atoms with Gasteiger partial charge in [0.05, 0.1) is 9.82 Å². The number of nitro groups is 1. The van der Waals surface area contributed by atoms with Crippen molar-refractivity contribution in [1.82, 2.24) is 9.97 Å². The van der Waals surface area contributed by atoms with Crippen LogP contribution in [0.1, 0.15) is 11.4 Å². The van der Waals surface area contributed by atoms with Gasteiger partial charge in [0.25, 0.3) is 15.7 Å². The molecule has 110 valence electrons. The zero-order valence-electron chi connectivity index (χ0n) is 11.3. The van der Waals surface area contributed by atoms with Gasteiger partial charge in [-0.25, -0.2) is 23.1 Å². The third kappa shape index (κ3) is 3.51. The van der Waals surface area contributed by atoms with E-state index in [1.165, 1.54) is 0 Å². The molecule has 1 aromatic carbocycles. The van der Waals surface area contributed by atoms with Crippen molar-refractivity contribution in [3.05, 3.63) is 51.8 Å². The number of sulfonamides is 1. The van der Waals surface area contributed by atoms with Crippen LogP contribution in [0, 0.1) is 24.0 Å². The number of hydrogen-bond acceptors (Lipinski definition) is 6. The van der Waals surface area contributed by atoms with Crippen molar-refractivity contribution in [1.29, 1.82) is 0 Å². The Balaban J connectivity index is 2.31. The van der Waals surface area contributed by atoms with Crippen molar-refractivity contribution in [2.45, 2.75) is 18.7 Å². The number of nitrogens with one attached hydrogen (secondary N) is 1. The average Bonchev–Trinajstić information content (AvgIpc) is 2.37. The number of aromatic nitrogens is 2. The van der Waals surface area contributed by atoms with Crippen LogP contribution in [0.3, 0.4) is 0 Å². The van der Waals surface area contributed by atoms with Gasteiger partial charge < -0.3 is 0 Å². The van der Waals surface area contributed by atoms with Crippen LogP contribution in [-0.2, 0) is 10.0 Å². The summed E-state index contributed by atoms with van der Waals surface area (Å²) in [7, 11) is -3.89. The van der Waals surface area contributed by atoms with Gasteiger partial charge in [0.15, 0.2) is 0 Å². The second kappa shape index (κ2) is 5.44. The SMILES string of the molecule is Cc1cc(C)nc(NS(=O)(=O)c2ccc([N+](=O)[O-])cc2)n1. The molecule has 0 aliphatic heterocycles. The molecule has 1 heterocycles. The third-order valence-corrected chi connectivity index (χ3v) is 3.91. The zero-order chi connectivity index (χ0) is 15.6. The Kier molecular flexibility index (Phi) is 3.85. The minimum atomic E-state index is -3.89. The van der Waals surface area contributed by atoms with Crippen molar-refractivity contribution in [3.8, 4) is 0 Å². The highest BCUT2D eigenvalue weighted by atomic mass is 32.2. The minimum Gasteiger partial charge on any atom is -0.258 e. The molecule has 1 N–H and O–H groups in total. The maximum Gasteiger partial charge on any atom is 0.269 e. The van der Waals surface area contributed by atoms with E-state index in [1.807, 2.05) is 0 Å². The molecule has 0 atom stereocenters. The normalized spacial score (nSPS) is 11.1. The van der Waals surface area contributed by atoms with Gasteiger partial charge in [-0.15, -0.1) is 0 Å². The molecule has 0 fully saturated rings. The predicted octanol–water partition coefficient (Wildman–Crippen LogP) is 1.80. The molecule has 0 spiro atoms. The van der Waals surface area contributed by atoms with Crippen LogP contribution in [0.5, 0.6) is 0 Å². The van der Waals surface area contributed by atoms with Crippen LogP contribution >= 0.6 is 0 Å². The number of rotatable bonds is 4. The lowest BCUT2D eigenvalue weighted by molar-refractivity contribution is -0.384. The first-order valence-corrected chi connectivity index (χ1v) is 7.36. The highest BCUT2D eigenvalue weighted by Gasteiger charge is 2.17. The number of hydrogen-bond donors (Lipinski definition) is 1. The Morgan fingerprint density at radius 2 is 1.62 bits per heavy atom. The first kappa shape index (κ1) is 14.9. The summed E-state index contributed by atoms with van der Waals surface area (Å²) in [6.07, 6.45) is 0. The zero-order valence-corrected chi connectivity index (χ0v) is 12.1. The third-order valence-electron chi connectivity index (χ3n) is 2.57. The van der Waals surface area contributed by atoms with E-state index in [9.17, 15) is 18.5 Å². The first-order chi connectivity index (χ1) is 9.78. The lowest BCUT2D eigenvalue weighted by Crippen LogP contribution is -2.15. The van der Waals surface area contributed by atoms with Crippen LogP contribution in [0.2, 0.25) is 0 Å². The van der Waals surface area contributed by atoms with Crippen LogP contribution in [0.4, 0.5) is 11.6 Å². The van der Waals surface area contributed by atoms with E-state index in [1.54, 1.807) is 19.9 Å². The van der Waals surface area contributed by atoms with E-state index >= 15 is 0 Å². The smallest absolute Gasteiger partial charge is 0.258 e. The second-order valence-corrected chi connectivity index (χ2v) is 6.01. The molecule has 0 unspecified atom stereocenters. The van der Waals surface area contributed by atoms with E-state index in [4.69, 9.17) is 0 Å². The Bertz CT molecular complexity index is 767. The first-order valence-electron chi connectivity index (χ1n) is 5.87. The number of nitrogens with zero attached hydrogens (tertiary/aromatic N) is 3. The Morgan fingerprint density at radius 3 is 2.10 bits per heavy atom. The fourth-order valence-electron chi connectivity index (χ4n) is 1.70. The molecule has 0 aliphatic carbocycles. The lowest BCUT2D eigenvalue weighted by atomic mass is 10.3. The van der Waals surface area contributed by atoms with Crippen LogP contribution < -0.4 is 4.72 Å². The molecule has 0 amide bonds. The number of non-ortho nitro benzene ring substituents is 1. The molecule has 2 aromatic rings. The second-order valence-electron chi connectivity index (χ2n) is 4.33. The Morgan fingerprint density at radius 1 is 1.10 bits per heavy atom. The molecular formula is C12H12N4O4S. The topological polar surface area (TPSA) is 115 Å². The standard InChI is InChI=1S/C12H12N4O4S/c1-8-7-9(2)14-12(13-8)15-21(19,20)11-5-3-10(4-6-11)16(17)18/h3-7H,1-2H3,(H,13,14,15). The predicted molar refractivity (Wildman–Crippen MR) is 75.4 cm³/mol. The van der Waals surface area contributed by atoms with E-state index in [2.05, 4.69) is 14.7 Å². The van der Waals surface area contributed by atoms with Crippen molar-refractivity contribution in [3.63, 3.8) is 0 Å². The van der Waals surface area contributed by atoms with Gasteiger partial charge in [0.2, 0.25) is 5.95 Å². The summed E-state index contributed by atoms with van der Waals surface area (Å²) in [6, 6.07) is 6.27. The summed E-state index contributed by atoms with van der Waals surface area (Å²) < 4.78 is 26.5. The Hall–Kier alpha value is -2.55. The number of anilines is 1. The van der Waals surface area contributed by atoms with Gasteiger partial charge in [-0.05, 0) is 32.0 Å². The highest BCUT2D eigenvalue weighted by molar-refractivity contribution is 7.92. The summed E-state index contributed by atoms with van der Waals surface area (Å²) in [5.41, 5.74) is 1.07. The lowest BCUT2D eigenvalue weighted by Gasteiger charge is -2.07. The van der Waals surface area contributed by atoms with Gasteiger partial charge in [0, 0.05) is 23.5 Å². The summed E-state index contributed by atoms with van der Waals surface area (Å²) in [5.74, 6) is -0.0362. The van der Waals surface area contributed by atoms with E-state index in [-0.39, 0.29) is 16.5 Å². The minimum absolute atomic E-state index is 0.0362. The molecule has 0 saturated heterocycles. The Labute approximate surface area is 121 Å². The molecule has 0 radical (unpaired) electrons. The fraction of sp³-hybridized carbons (Fsp3) is 0.167. The largest absolute Gasteiger partial charge is 0.269 e. The molecule has 1 aromatic heterocycles. The molecule has 8 nitrogen and oxygen atoms in total. The van der Waals surface area contributed by atoms with E-state index in [0.29, 0.717) is 11.4 Å². The average molecular weight is 308 g/mol. The molecule has 9 heteroatoms. The fourth-order valence-corrected chi connectivity index (χ4v) is 2.64. The van der Waals surface area contributed by atoms with Crippen molar-refractivity contribution in [2.75, 3.05) is 4.72 Å². The number of benzene rings is 1. The van der Waals surface area contributed by atoms with Gasteiger partial charge in [-0.3, -0.25) is 10.1 Å². The van der Waals surface area contributed by atoms with Gasteiger partial charge in [0.1, 0.15) is 0 Å². The summed E-state index contributed by atoms with van der Waals surface area (Å²) in [6.45, 7) is 3.44. The maximum absolute atomic E-state index is 12.1. The van der Waals surface area contributed by atoms with Gasteiger partial charge >= 0.3 is 0 Å². The van der Waals surface area contributed by atoms with Crippen LogP contribution in [-0.4, -0.2) is 23.3 Å².